The van der Waals surface area contributed by atoms with Gasteiger partial charge in [-0.3, -0.25) is 0 Å². The third-order valence-corrected chi connectivity index (χ3v) is 2.39. The van der Waals surface area contributed by atoms with E-state index < -0.39 is 0 Å². The molecule has 12 heavy (non-hydrogen) atoms. The number of imide groups is 1. The van der Waals surface area contributed by atoms with Crippen LogP contribution in [0.3, 0.4) is 0 Å². The first-order valence-electron chi connectivity index (χ1n) is 3.35. The Morgan fingerprint density at radius 2 is 1.42 bits per heavy atom. The predicted octanol–water partition coefficient (Wildman–Crippen LogP) is 1.43. The second-order valence-electron chi connectivity index (χ2n) is 2.44. The van der Waals surface area contributed by atoms with Crippen molar-refractivity contribution in [3.63, 3.8) is 0 Å². The molecule has 1 aromatic carbocycles. The summed E-state index contributed by atoms with van der Waals surface area (Å²) in [5.74, 6) is -0.591. The molecule has 1 radical (unpaired) electrons. The quantitative estimate of drug-likeness (QED) is 0.495. The molecule has 0 aliphatic carbocycles. The molecule has 3 nitrogen and oxygen atoms in total. The molecule has 1 aromatic rings. The van der Waals surface area contributed by atoms with E-state index in [1.54, 1.807) is 24.3 Å². The molecular formula is C8H4BrNO2+. The number of nitrogens with zero attached hydrogens (tertiary/aromatic N) is 1. The van der Waals surface area contributed by atoms with Gasteiger partial charge in [0.15, 0.2) is 0 Å². The SMILES string of the molecule is O=C1c2ccccc2C(=O)[N+]1Br. The average molecular weight is 226 g/mol. The zero-order chi connectivity index (χ0) is 8.72. The van der Waals surface area contributed by atoms with E-state index in [2.05, 4.69) is 16.1 Å². The van der Waals surface area contributed by atoms with Crippen LogP contribution in [0.4, 0.5) is 0 Å². The Bertz CT molecular complexity index is 340. The Labute approximate surface area is 77.3 Å². The third-order valence-electron chi connectivity index (χ3n) is 1.74. The third kappa shape index (κ3) is 0.852. The maximum Gasteiger partial charge on any atom is 0.414 e. The van der Waals surface area contributed by atoms with Crippen LogP contribution in [0.15, 0.2) is 24.3 Å². The van der Waals surface area contributed by atoms with Gasteiger partial charge in [-0.05, 0) is 12.1 Å². The number of benzene rings is 1. The van der Waals surface area contributed by atoms with Gasteiger partial charge < -0.3 is 0 Å². The summed E-state index contributed by atoms with van der Waals surface area (Å²) in [7, 11) is 0. The second-order valence-corrected chi connectivity index (χ2v) is 3.15. The fraction of sp³-hybridized carbons (Fsp3) is 0. The van der Waals surface area contributed by atoms with E-state index in [4.69, 9.17) is 0 Å². The average Bonchev–Trinajstić information content (AvgIpc) is 2.33. The van der Waals surface area contributed by atoms with Crippen LogP contribution in [0, 0.1) is 0 Å². The second kappa shape index (κ2) is 2.50. The van der Waals surface area contributed by atoms with Crippen molar-refractivity contribution < 1.29 is 9.59 Å². The van der Waals surface area contributed by atoms with Crippen molar-refractivity contribution >= 4 is 28.0 Å². The number of fused-ring (bicyclic) bond motifs is 1. The van der Waals surface area contributed by atoms with Crippen LogP contribution in [0.25, 0.3) is 0 Å². The normalized spacial score (nSPS) is 16.8. The highest BCUT2D eigenvalue weighted by Crippen LogP contribution is 2.22. The van der Waals surface area contributed by atoms with Gasteiger partial charge in [-0.1, -0.05) is 12.1 Å². The van der Waals surface area contributed by atoms with Gasteiger partial charge in [-0.25, -0.2) is 9.59 Å². The Hall–Kier alpha value is -1.00. The molecule has 0 aromatic heterocycles. The number of carbonyl (C=O) groups excluding carboxylic acids is 2. The summed E-state index contributed by atoms with van der Waals surface area (Å²) in [5, 5.41) is 0. The topological polar surface area (TPSA) is 40.0 Å². The van der Waals surface area contributed by atoms with Crippen LogP contribution >= 0.6 is 16.1 Å². The summed E-state index contributed by atoms with van der Waals surface area (Å²) in [4.78, 5) is 22.5. The summed E-state index contributed by atoms with van der Waals surface area (Å²) in [6.45, 7) is 0. The molecule has 0 bridgehead atoms. The van der Waals surface area contributed by atoms with Crippen molar-refractivity contribution in [2.75, 3.05) is 0 Å². The summed E-state index contributed by atoms with van der Waals surface area (Å²) in [6, 6.07) is 6.74. The Kier molecular flexibility index (Phi) is 1.59. The largest absolute Gasteiger partial charge is 0.414 e. The summed E-state index contributed by atoms with van der Waals surface area (Å²) in [5.41, 5.74) is 0.916. The van der Waals surface area contributed by atoms with Crippen molar-refractivity contribution in [2.45, 2.75) is 0 Å². The lowest BCUT2D eigenvalue weighted by atomic mass is 10.1. The minimum absolute atomic E-state index is 0.296. The van der Waals surface area contributed by atoms with Crippen LogP contribution in [0.1, 0.15) is 20.7 Å². The highest BCUT2D eigenvalue weighted by molar-refractivity contribution is 9.08. The molecule has 0 spiro atoms. The van der Waals surface area contributed by atoms with Crippen molar-refractivity contribution in [1.82, 2.24) is 3.93 Å². The zero-order valence-electron chi connectivity index (χ0n) is 5.95. The Balaban J connectivity index is 2.67. The van der Waals surface area contributed by atoms with Gasteiger partial charge in [0, 0.05) is 0 Å². The molecule has 0 unspecified atom stereocenters. The molecule has 2 amide bonds. The number of amides is 2. The first-order chi connectivity index (χ1) is 5.72. The van der Waals surface area contributed by atoms with Crippen molar-refractivity contribution in [1.29, 1.82) is 0 Å². The van der Waals surface area contributed by atoms with Crippen molar-refractivity contribution in [3.05, 3.63) is 35.4 Å². The molecule has 0 fully saturated rings. The van der Waals surface area contributed by atoms with E-state index in [0.29, 0.717) is 11.1 Å². The van der Waals surface area contributed by atoms with E-state index >= 15 is 0 Å². The van der Waals surface area contributed by atoms with E-state index in [9.17, 15) is 9.59 Å². The van der Waals surface area contributed by atoms with Crippen LogP contribution in [0.5, 0.6) is 0 Å². The standard InChI is InChI=1S/C8H4BrNO2/c9-10-7(11)5-3-1-2-4-6(5)8(10)12/h1-4H/q+1. The van der Waals surface area contributed by atoms with E-state index in [-0.39, 0.29) is 11.8 Å². The number of halogens is 1. The number of rotatable bonds is 0. The molecule has 2 rings (SSSR count). The van der Waals surface area contributed by atoms with Gasteiger partial charge in [0.1, 0.15) is 11.1 Å². The predicted molar refractivity (Wildman–Crippen MR) is 46.2 cm³/mol. The Morgan fingerprint density at radius 1 is 1.00 bits per heavy atom. The highest BCUT2D eigenvalue weighted by atomic mass is 79.9. The lowest BCUT2D eigenvalue weighted by Crippen LogP contribution is -2.23. The molecule has 0 saturated heterocycles. The first kappa shape index (κ1) is 7.64. The van der Waals surface area contributed by atoms with Crippen LogP contribution in [-0.2, 0) is 0 Å². The van der Waals surface area contributed by atoms with Gasteiger partial charge in [0.25, 0.3) is 0 Å². The maximum atomic E-state index is 11.3. The van der Waals surface area contributed by atoms with Gasteiger partial charge in [0.2, 0.25) is 0 Å². The number of carbonyl (C=O) groups is 2. The lowest BCUT2D eigenvalue weighted by molar-refractivity contribution is 0.0853. The van der Waals surface area contributed by atoms with Gasteiger partial charge in [-0.2, -0.15) is 0 Å². The van der Waals surface area contributed by atoms with Gasteiger partial charge >= 0.3 is 28.0 Å². The molecule has 1 heterocycles. The lowest BCUT2D eigenvalue weighted by Gasteiger charge is -1.84. The number of hydrogen-bond donors (Lipinski definition) is 0. The zero-order valence-corrected chi connectivity index (χ0v) is 7.54. The summed E-state index contributed by atoms with van der Waals surface area (Å²) in [6.07, 6.45) is 0. The minimum Gasteiger partial charge on any atom is -0.218 e. The van der Waals surface area contributed by atoms with Crippen LogP contribution in [-0.4, -0.2) is 11.8 Å². The van der Waals surface area contributed by atoms with E-state index in [1.807, 2.05) is 0 Å². The molecular weight excluding hydrogens is 222 g/mol. The fourth-order valence-corrected chi connectivity index (χ4v) is 1.54. The van der Waals surface area contributed by atoms with Crippen LogP contribution < -0.4 is 3.93 Å². The smallest absolute Gasteiger partial charge is 0.218 e. The minimum atomic E-state index is -0.296. The van der Waals surface area contributed by atoms with Crippen molar-refractivity contribution in [2.24, 2.45) is 0 Å². The molecule has 4 heteroatoms. The summed E-state index contributed by atoms with van der Waals surface area (Å²) >= 11 is 2.88. The molecule has 0 saturated carbocycles. The molecule has 1 aliphatic heterocycles. The summed E-state index contributed by atoms with van der Waals surface area (Å²) < 4.78 is 0.942. The number of hydrogen-bond acceptors (Lipinski definition) is 2. The monoisotopic (exact) mass is 225 g/mol. The molecule has 1 aliphatic rings. The molecule has 0 N–H and O–H groups in total. The molecule has 59 valence electrons. The van der Waals surface area contributed by atoms with Gasteiger partial charge in [0.05, 0.1) is 3.93 Å². The first-order valence-corrected chi connectivity index (χ1v) is 4.06. The molecule has 0 atom stereocenters. The fourth-order valence-electron chi connectivity index (χ4n) is 1.16. The van der Waals surface area contributed by atoms with Gasteiger partial charge in [-0.15, -0.1) is 0 Å². The van der Waals surface area contributed by atoms with Crippen molar-refractivity contribution in [3.8, 4) is 0 Å². The Morgan fingerprint density at radius 3 is 1.83 bits per heavy atom. The maximum absolute atomic E-state index is 11.3. The van der Waals surface area contributed by atoms with Crippen LogP contribution in [0.2, 0.25) is 0 Å². The van der Waals surface area contributed by atoms with E-state index in [1.165, 1.54) is 0 Å². The van der Waals surface area contributed by atoms with E-state index in [0.717, 1.165) is 3.93 Å². The highest BCUT2D eigenvalue weighted by Gasteiger charge is 2.46.